The van der Waals surface area contributed by atoms with Gasteiger partial charge < -0.3 is 15.5 Å². The number of likely N-dealkylation sites (tertiary alicyclic amines) is 1. The number of urea groups is 1. The SMILES string of the molecule is Nc1ccc2c(c1)CN(C(=O)N1CCCC1)C2. The molecule has 2 amide bonds. The van der Waals surface area contributed by atoms with Gasteiger partial charge in [-0.25, -0.2) is 4.79 Å². The summed E-state index contributed by atoms with van der Waals surface area (Å²) < 4.78 is 0. The highest BCUT2D eigenvalue weighted by molar-refractivity contribution is 5.75. The normalized spacial score (nSPS) is 18.6. The summed E-state index contributed by atoms with van der Waals surface area (Å²) >= 11 is 0. The number of anilines is 1. The highest BCUT2D eigenvalue weighted by atomic mass is 16.2. The number of rotatable bonds is 0. The Morgan fingerprint density at radius 3 is 2.53 bits per heavy atom. The van der Waals surface area contributed by atoms with Gasteiger partial charge >= 0.3 is 6.03 Å². The number of nitrogens with two attached hydrogens (primary N) is 1. The number of carbonyl (C=O) groups excluding carboxylic acids is 1. The first-order chi connectivity index (χ1) is 8.24. The van der Waals surface area contributed by atoms with Gasteiger partial charge in [0, 0.05) is 31.9 Å². The van der Waals surface area contributed by atoms with E-state index >= 15 is 0 Å². The lowest BCUT2D eigenvalue weighted by Crippen LogP contribution is -2.38. The van der Waals surface area contributed by atoms with Crippen molar-refractivity contribution in [2.75, 3.05) is 18.8 Å². The minimum Gasteiger partial charge on any atom is -0.399 e. The quantitative estimate of drug-likeness (QED) is 0.692. The van der Waals surface area contributed by atoms with Crippen molar-refractivity contribution < 1.29 is 4.79 Å². The van der Waals surface area contributed by atoms with Crippen LogP contribution in [-0.4, -0.2) is 28.9 Å². The van der Waals surface area contributed by atoms with E-state index in [-0.39, 0.29) is 6.03 Å². The summed E-state index contributed by atoms with van der Waals surface area (Å²) in [7, 11) is 0. The fourth-order valence-corrected chi connectivity index (χ4v) is 2.66. The summed E-state index contributed by atoms with van der Waals surface area (Å²) in [5, 5.41) is 0. The number of nitrogens with zero attached hydrogens (tertiary/aromatic N) is 2. The molecule has 0 bridgehead atoms. The molecule has 2 N–H and O–H groups in total. The summed E-state index contributed by atoms with van der Waals surface area (Å²) in [4.78, 5) is 16.1. The van der Waals surface area contributed by atoms with Gasteiger partial charge in [-0.15, -0.1) is 0 Å². The lowest BCUT2D eigenvalue weighted by atomic mass is 10.1. The minimum absolute atomic E-state index is 0.178. The van der Waals surface area contributed by atoms with Crippen molar-refractivity contribution in [3.63, 3.8) is 0 Å². The molecular weight excluding hydrogens is 214 g/mol. The molecule has 0 radical (unpaired) electrons. The molecule has 0 spiro atoms. The predicted molar refractivity (Wildman–Crippen MR) is 66.3 cm³/mol. The van der Waals surface area contributed by atoms with Gasteiger partial charge in [0.05, 0.1) is 0 Å². The zero-order valence-corrected chi connectivity index (χ0v) is 9.85. The summed E-state index contributed by atoms with van der Waals surface area (Å²) in [5.74, 6) is 0. The van der Waals surface area contributed by atoms with Crippen LogP contribution in [0.2, 0.25) is 0 Å². The highest BCUT2D eigenvalue weighted by Crippen LogP contribution is 2.26. The molecular formula is C13H17N3O. The van der Waals surface area contributed by atoms with Crippen molar-refractivity contribution >= 4 is 11.7 Å². The molecule has 4 nitrogen and oxygen atoms in total. The average molecular weight is 231 g/mol. The molecule has 2 aliphatic heterocycles. The molecule has 0 aliphatic carbocycles. The molecule has 0 aromatic heterocycles. The monoisotopic (exact) mass is 231 g/mol. The number of amides is 2. The van der Waals surface area contributed by atoms with Gasteiger partial charge in [0.2, 0.25) is 0 Å². The molecule has 4 heteroatoms. The number of hydrogen-bond donors (Lipinski definition) is 1. The zero-order chi connectivity index (χ0) is 11.8. The molecule has 0 unspecified atom stereocenters. The molecule has 17 heavy (non-hydrogen) atoms. The van der Waals surface area contributed by atoms with Crippen LogP contribution >= 0.6 is 0 Å². The fourth-order valence-electron chi connectivity index (χ4n) is 2.66. The molecule has 1 aromatic carbocycles. The van der Waals surface area contributed by atoms with E-state index in [0.29, 0.717) is 6.54 Å². The predicted octanol–water partition coefficient (Wildman–Crippen LogP) is 1.80. The van der Waals surface area contributed by atoms with Crippen LogP contribution in [0.5, 0.6) is 0 Å². The maximum Gasteiger partial charge on any atom is 0.320 e. The second-order valence-corrected chi connectivity index (χ2v) is 4.86. The van der Waals surface area contributed by atoms with Gasteiger partial charge in [-0.05, 0) is 36.1 Å². The van der Waals surface area contributed by atoms with E-state index < -0.39 is 0 Å². The summed E-state index contributed by atoms with van der Waals surface area (Å²) in [5.41, 5.74) is 8.96. The third-order valence-electron chi connectivity index (χ3n) is 3.60. The van der Waals surface area contributed by atoms with Crippen LogP contribution in [0.3, 0.4) is 0 Å². The van der Waals surface area contributed by atoms with Gasteiger partial charge in [-0.1, -0.05) is 6.07 Å². The molecule has 2 aliphatic rings. The Hall–Kier alpha value is -1.71. The Kier molecular flexibility index (Phi) is 2.42. The van der Waals surface area contributed by atoms with Crippen LogP contribution in [0.25, 0.3) is 0 Å². The van der Waals surface area contributed by atoms with Crippen molar-refractivity contribution in [2.45, 2.75) is 25.9 Å². The fraction of sp³-hybridized carbons (Fsp3) is 0.462. The second kappa shape index (κ2) is 3.95. The van der Waals surface area contributed by atoms with E-state index in [1.54, 1.807) is 0 Å². The van der Waals surface area contributed by atoms with E-state index in [1.807, 2.05) is 28.0 Å². The molecule has 90 valence electrons. The van der Waals surface area contributed by atoms with E-state index in [4.69, 9.17) is 5.73 Å². The van der Waals surface area contributed by atoms with Gasteiger partial charge in [0.25, 0.3) is 0 Å². The van der Waals surface area contributed by atoms with Crippen LogP contribution in [0.1, 0.15) is 24.0 Å². The lowest BCUT2D eigenvalue weighted by Gasteiger charge is -2.23. The minimum atomic E-state index is 0.178. The van der Waals surface area contributed by atoms with E-state index in [1.165, 1.54) is 11.1 Å². The number of benzene rings is 1. The standard InChI is InChI=1S/C13H17N3O/c14-12-4-3-10-8-16(9-11(10)7-12)13(17)15-5-1-2-6-15/h3-4,7H,1-2,5-6,8-9,14H2. The van der Waals surface area contributed by atoms with Gasteiger partial charge in [0.1, 0.15) is 0 Å². The largest absolute Gasteiger partial charge is 0.399 e. The van der Waals surface area contributed by atoms with Crippen molar-refractivity contribution in [1.82, 2.24) is 9.80 Å². The van der Waals surface area contributed by atoms with Crippen LogP contribution in [0.4, 0.5) is 10.5 Å². The first-order valence-electron chi connectivity index (χ1n) is 6.15. The highest BCUT2D eigenvalue weighted by Gasteiger charge is 2.28. The van der Waals surface area contributed by atoms with Gasteiger partial charge in [-0.2, -0.15) is 0 Å². The lowest BCUT2D eigenvalue weighted by molar-refractivity contribution is 0.162. The van der Waals surface area contributed by atoms with Gasteiger partial charge in [0.15, 0.2) is 0 Å². The van der Waals surface area contributed by atoms with E-state index in [0.717, 1.165) is 38.2 Å². The Labute approximate surface area is 101 Å². The molecule has 2 heterocycles. The first kappa shape index (κ1) is 10.4. The smallest absolute Gasteiger partial charge is 0.320 e. The molecule has 0 atom stereocenters. The summed E-state index contributed by atoms with van der Waals surface area (Å²) in [6.07, 6.45) is 2.28. The van der Waals surface area contributed by atoms with Gasteiger partial charge in [-0.3, -0.25) is 0 Å². The van der Waals surface area contributed by atoms with Crippen molar-refractivity contribution in [3.05, 3.63) is 29.3 Å². The Morgan fingerprint density at radius 2 is 1.76 bits per heavy atom. The van der Waals surface area contributed by atoms with Crippen LogP contribution in [-0.2, 0) is 13.1 Å². The van der Waals surface area contributed by atoms with Crippen molar-refractivity contribution in [2.24, 2.45) is 0 Å². The maximum atomic E-state index is 12.2. The number of hydrogen-bond acceptors (Lipinski definition) is 2. The zero-order valence-electron chi connectivity index (χ0n) is 9.85. The van der Waals surface area contributed by atoms with Crippen molar-refractivity contribution in [1.29, 1.82) is 0 Å². The van der Waals surface area contributed by atoms with Crippen molar-refractivity contribution in [3.8, 4) is 0 Å². The molecule has 1 fully saturated rings. The number of nitrogen functional groups attached to an aromatic ring is 1. The van der Waals surface area contributed by atoms with E-state index in [9.17, 15) is 4.79 Å². The molecule has 1 saturated heterocycles. The van der Waals surface area contributed by atoms with Crippen LogP contribution in [0, 0.1) is 0 Å². The Morgan fingerprint density at radius 1 is 1.06 bits per heavy atom. The van der Waals surface area contributed by atoms with Crippen LogP contribution in [0.15, 0.2) is 18.2 Å². The topological polar surface area (TPSA) is 49.6 Å². The third-order valence-corrected chi connectivity index (χ3v) is 3.60. The third kappa shape index (κ3) is 1.84. The molecule has 1 aromatic rings. The molecule has 3 rings (SSSR count). The second-order valence-electron chi connectivity index (χ2n) is 4.86. The van der Waals surface area contributed by atoms with E-state index in [2.05, 4.69) is 0 Å². The number of carbonyl (C=O) groups is 1. The first-order valence-corrected chi connectivity index (χ1v) is 6.15. The Balaban J connectivity index is 1.75. The van der Waals surface area contributed by atoms with Crippen LogP contribution < -0.4 is 5.73 Å². The average Bonchev–Trinajstić information content (AvgIpc) is 2.96. The summed E-state index contributed by atoms with van der Waals surface area (Å²) in [6, 6.07) is 6.09. The maximum absolute atomic E-state index is 12.2. The summed E-state index contributed by atoms with van der Waals surface area (Å²) in [6.45, 7) is 3.25. The number of fused-ring (bicyclic) bond motifs is 1. The molecule has 0 saturated carbocycles. The Bertz CT molecular complexity index is 452.